The lowest BCUT2D eigenvalue weighted by atomic mass is 9.80. The molecule has 0 rings (SSSR count). The third kappa shape index (κ3) is 6.79. The third-order valence-corrected chi connectivity index (χ3v) is 2.60. The van der Waals surface area contributed by atoms with Crippen molar-refractivity contribution in [3.8, 4) is 0 Å². The number of amides is 2. The predicted molar refractivity (Wildman–Crippen MR) is 71.5 cm³/mol. The zero-order chi connectivity index (χ0) is 15.1. The Morgan fingerprint density at radius 3 is 2.11 bits per heavy atom. The highest BCUT2D eigenvalue weighted by atomic mass is 16.4. The first-order valence-corrected chi connectivity index (χ1v) is 6.47. The molecule has 0 bridgehead atoms. The zero-order valence-corrected chi connectivity index (χ0v) is 12.1. The first-order valence-electron chi connectivity index (χ1n) is 6.47. The van der Waals surface area contributed by atoms with E-state index in [0.29, 0.717) is 6.54 Å². The number of hydrogen-bond donors (Lipinski definition) is 3. The minimum Gasteiger partial charge on any atom is -0.481 e. The molecule has 0 aliphatic heterocycles. The molecule has 0 fully saturated rings. The summed E-state index contributed by atoms with van der Waals surface area (Å²) >= 11 is 0. The molecule has 0 aliphatic rings. The Labute approximate surface area is 113 Å². The van der Waals surface area contributed by atoms with Crippen LogP contribution >= 0.6 is 0 Å². The molecule has 0 radical (unpaired) electrons. The Morgan fingerprint density at radius 2 is 1.68 bits per heavy atom. The van der Waals surface area contributed by atoms with E-state index in [1.165, 1.54) is 0 Å². The smallest absolute Gasteiger partial charge is 0.316 e. The molecule has 0 aromatic rings. The average Bonchev–Trinajstić information content (AvgIpc) is 2.23. The molecule has 6 nitrogen and oxygen atoms in total. The van der Waals surface area contributed by atoms with Crippen molar-refractivity contribution in [2.45, 2.75) is 40.5 Å². The first-order chi connectivity index (χ1) is 8.70. The third-order valence-electron chi connectivity index (χ3n) is 2.60. The van der Waals surface area contributed by atoms with Crippen molar-refractivity contribution in [3.63, 3.8) is 0 Å². The van der Waals surface area contributed by atoms with E-state index in [4.69, 9.17) is 5.11 Å². The summed E-state index contributed by atoms with van der Waals surface area (Å²) in [6.45, 7) is 7.78. The molecule has 2 amide bonds. The van der Waals surface area contributed by atoms with Crippen LogP contribution in [0.1, 0.15) is 40.5 Å². The molecule has 0 aromatic heterocycles. The van der Waals surface area contributed by atoms with Gasteiger partial charge in [0.2, 0.25) is 11.8 Å². The summed E-state index contributed by atoms with van der Waals surface area (Å²) in [6.07, 6.45) is 1.01. The summed E-state index contributed by atoms with van der Waals surface area (Å²) < 4.78 is 0. The molecule has 3 N–H and O–H groups in total. The van der Waals surface area contributed by atoms with Crippen molar-refractivity contribution < 1.29 is 19.5 Å². The minimum atomic E-state index is -1.15. The first kappa shape index (κ1) is 17.4. The maximum absolute atomic E-state index is 11.8. The summed E-state index contributed by atoms with van der Waals surface area (Å²) in [5.41, 5.74) is -0.666. The number of carboxylic acid groups (broad SMARTS) is 1. The second-order valence-electron chi connectivity index (χ2n) is 5.53. The van der Waals surface area contributed by atoms with Crippen LogP contribution in [0.2, 0.25) is 0 Å². The summed E-state index contributed by atoms with van der Waals surface area (Å²) in [7, 11) is 0. The van der Waals surface area contributed by atoms with E-state index in [0.717, 1.165) is 6.42 Å². The van der Waals surface area contributed by atoms with Crippen LogP contribution < -0.4 is 10.6 Å². The number of hydrogen-bond acceptors (Lipinski definition) is 3. The van der Waals surface area contributed by atoms with E-state index >= 15 is 0 Å². The van der Waals surface area contributed by atoms with E-state index in [1.54, 1.807) is 20.8 Å². The molecule has 1 atom stereocenters. The maximum Gasteiger partial charge on any atom is 0.316 e. The average molecular weight is 272 g/mol. The highest BCUT2D eigenvalue weighted by Crippen LogP contribution is 2.26. The summed E-state index contributed by atoms with van der Waals surface area (Å²) in [5.74, 6) is -2.97. The van der Waals surface area contributed by atoms with Gasteiger partial charge in [-0.25, -0.2) is 0 Å². The van der Waals surface area contributed by atoms with Gasteiger partial charge in [0, 0.05) is 19.5 Å². The quantitative estimate of drug-likeness (QED) is 0.596. The maximum atomic E-state index is 11.8. The van der Waals surface area contributed by atoms with E-state index in [2.05, 4.69) is 10.6 Å². The van der Waals surface area contributed by atoms with Crippen LogP contribution in [0.3, 0.4) is 0 Å². The van der Waals surface area contributed by atoms with Crippen molar-refractivity contribution in [3.05, 3.63) is 0 Å². The van der Waals surface area contributed by atoms with Gasteiger partial charge in [0.1, 0.15) is 5.92 Å². The monoisotopic (exact) mass is 272 g/mol. The second-order valence-corrected chi connectivity index (χ2v) is 5.53. The van der Waals surface area contributed by atoms with Gasteiger partial charge in [-0.05, 0) is 11.8 Å². The van der Waals surface area contributed by atoms with Crippen LogP contribution in [0.15, 0.2) is 0 Å². The number of rotatable bonds is 7. The second kappa shape index (κ2) is 7.76. The van der Waals surface area contributed by atoms with E-state index in [9.17, 15) is 14.4 Å². The largest absolute Gasteiger partial charge is 0.481 e. The summed E-state index contributed by atoms with van der Waals surface area (Å²) in [4.78, 5) is 34.2. The Bertz CT molecular complexity index is 334. The molecular formula is C13H24N2O4. The van der Waals surface area contributed by atoms with E-state index in [1.807, 2.05) is 6.92 Å². The molecule has 6 heteroatoms. The van der Waals surface area contributed by atoms with Gasteiger partial charge < -0.3 is 15.7 Å². The van der Waals surface area contributed by atoms with Crippen molar-refractivity contribution in [2.24, 2.45) is 11.3 Å². The summed E-state index contributed by atoms with van der Waals surface area (Å²) in [6, 6.07) is 0. The van der Waals surface area contributed by atoms with Gasteiger partial charge in [-0.3, -0.25) is 14.4 Å². The number of carbonyl (C=O) groups excluding carboxylic acids is 2. The predicted octanol–water partition coefficient (Wildman–Crippen LogP) is 0.766. The SMILES string of the molecule is CCCNC(=O)CCNC(=O)C(C(=O)O)C(C)(C)C. The van der Waals surface area contributed by atoms with Gasteiger partial charge in [0.05, 0.1) is 0 Å². The molecule has 0 spiro atoms. The molecule has 1 unspecified atom stereocenters. The fourth-order valence-electron chi connectivity index (χ4n) is 1.63. The lowest BCUT2D eigenvalue weighted by molar-refractivity contribution is -0.151. The number of carboxylic acids is 1. The fourth-order valence-corrected chi connectivity index (χ4v) is 1.63. The Balaban J connectivity index is 4.22. The topological polar surface area (TPSA) is 95.5 Å². The fraction of sp³-hybridized carbons (Fsp3) is 0.769. The Morgan fingerprint density at radius 1 is 1.11 bits per heavy atom. The van der Waals surface area contributed by atoms with Crippen molar-refractivity contribution >= 4 is 17.8 Å². The van der Waals surface area contributed by atoms with Crippen LogP contribution in [0.4, 0.5) is 0 Å². The van der Waals surface area contributed by atoms with Crippen LogP contribution in [0.5, 0.6) is 0 Å². The normalized spacial score (nSPS) is 12.6. The van der Waals surface area contributed by atoms with Crippen molar-refractivity contribution in [1.82, 2.24) is 10.6 Å². The number of aliphatic carboxylic acids is 1. The summed E-state index contributed by atoms with van der Waals surface area (Å²) in [5, 5.41) is 14.2. The highest BCUT2D eigenvalue weighted by molar-refractivity contribution is 5.97. The van der Waals surface area contributed by atoms with E-state index in [-0.39, 0.29) is 18.9 Å². The van der Waals surface area contributed by atoms with Gasteiger partial charge in [-0.15, -0.1) is 0 Å². The lowest BCUT2D eigenvalue weighted by Gasteiger charge is -2.25. The van der Waals surface area contributed by atoms with Gasteiger partial charge in [0.15, 0.2) is 0 Å². The Hall–Kier alpha value is -1.59. The molecule has 110 valence electrons. The Kier molecular flexibility index (Phi) is 7.11. The van der Waals surface area contributed by atoms with E-state index < -0.39 is 23.2 Å². The molecule has 0 saturated carbocycles. The van der Waals surface area contributed by atoms with Crippen LogP contribution in [-0.2, 0) is 14.4 Å². The molecule has 0 saturated heterocycles. The highest BCUT2D eigenvalue weighted by Gasteiger charge is 2.37. The van der Waals surface area contributed by atoms with Crippen LogP contribution in [0.25, 0.3) is 0 Å². The molecule has 0 aliphatic carbocycles. The van der Waals surface area contributed by atoms with Crippen molar-refractivity contribution in [1.29, 1.82) is 0 Å². The van der Waals surface area contributed by atoms with Gasteiger partial charge in [-0.1, -0.05) is 27.7 Å². The number of carbonyl (C=O) groups is 3. The standard InChI is InChI=1S/C13H24N2O4/c1-5-7-14-9(16)6-8-15-11(17)10(12(18)19)13(2,3)4/h10H,5-8H2,1-4H3,(H,14,16)(H,15,17)(H,18,19). The van der Waals surface area contributed by atoms with Crippen LogP contribution in [0, 0.1) is 11.3 Å². The molecule has 19 heavy (non-hydrogen) atoms. The minimum absolute atomic E-state index is 0.147. The lowest BCUT2D eigenvalue weighted by Crippen LogP contribution is -2.43. The van der Waals surface area contributed by atoms with Gasteiger partial charge in [-0.2, -0.15) is 0 Å². The number of nitrogens with one attached hydrogen (secondary N) is 2. The van der Waals surface area contributed by atoms with Gasteiger partial charge >= 0.3 is 5.97 Å². The molecule has 0 heterocycles. The zero-order valence-electron chi connectivity index (χ0n) is 12.1. The van der Waals surface area contributed by atoms with Gasteiger partial charge in [0.25, 0.3) is 0 Å². The molecule has 0 aromatic carbocycles. The van der Waals surface area contributed by atoms with Crippen molar-refractivity contribution in [2.75, 3.05) is 13.1 Å². The molecular weight excluding hydrogens is 248 g/mol. The van der Waals surface area contributed by atoms with Crippen LogP contribution in [-0.4, -0.2) is 36.0 Å².